The normalized spacial score (nSPS) is 23.8. The van der Waals surface area contributed by atoms with Gasteiger partial charge in [-0.2, -0.15) is 13.2 Å². The van der Waals surface area contributed by atoms with Gasteiger partial charge in [0.2, 0.25) is 0 Å². The van der Waals surface area contributed by atoms with Gasteiger partial charge in [0, 0.05) is 32.1 Å². The first-order valence-electron chi connectivity index (χ1n) is 10.5. The molecular formula is C22H29F3N2O3. The molecule has 2 unspecified atom stereocenters. The lowest BCUT2D eigenvalue weighted by Crippen LogP contribution is -2.48. The van der Waals surface area contributed by atoms with Gasteiger partial charge in [0.1, 0.15) is 11.4 Å². The first kappa shape index (κ1) is 21.1. The molecule has 166 valence electrons. The number of carbonyl (C=O) groups is 1. The minimum atomic E-state index is -4.48. The summed E-state index contributed by atoms with van der Waals surface area (Å²) in [5.74, 6) is 0.494. The number of ether oxygens (including phenoxy) is 2. The van der Waals surface area contributed by atoms with E-state index in [0.717, 1.165) is 18.9 Å². The van der Waals surface area contributed by atoms with Crippen molar-refractivity contribution in [3.63, 3.8) is 0 Å². The number of rotatable bonds is 3. The summed E-state index contributed by atoms with van der Waals surface area (Å²) in [5.41, 5.74) is -0.462. The number of likely N-dealkylation sites (tertiary alicyclic amines) is 1. The summed E-state index contributed by atoms with van der Waals surface area (Å²) in [4.78, 5) is 15.9. The fraction of sp³-hybridized carbons (Fsp3) is 0.682. The van der Waals surface area contributed by atoms with Gasteiger partial charge < -0.3 is 19.3 Å². The molecule has 0 radical (unpaired) electrons. The lowest BCUT2D eigenvalue weighted by atomic mass is 9.88. The number of hydrogen-bond acceptors (Lipinski definition) is 4. The third-order valence-electron chi connectivity index (χ3n) is 6.08. The van der Waals surface area contributed by atoms with E-state index in [0.29, 0.717) is 37.6 Å². The van der Waals surface area contributed by atoms with Gasteiger partial charge in [-0.3, -0.25) is 0 Å². The molecule has 2 heterocycles. The maximum atomic E-state index is 13.9. The third-order valence-corrected chi connectivity index (χ3v) is 6.08. The van der Waals surface area contributed by atoms with Crippen LogP contribution in [0.25, 0.3) is 0 Å². The fourth-order valence-electron chi connectivity index (χ4n) is 4.47. The van der Waals surface area contributed by atoms with Crippen molar-refractivity contribution in [2.24, 2.45) is 5.92 Å². The topological polar surface area (TPSA) is 42.0 Å². The van der Waals surface area contributed by atoms with Crippen LogP contribution in [-0.2, 0) is 10.9 Å². The molecule has 1 aromatic rings. The van der Waals surface area contributed by atoms with E-state index in [-0.39, 0.29) is 23.4 Å². The number of carbonyl (C=O) groups excluding carboxylic acids is 1. The Bertz CT molecular complexity index is 830. The number of amides is 1. The molecule has 1 aromatic carbocycles. The smallest absolute Gasteiger partial charge is 0.418 e. The molecule has 30 heavy (non-hydrogen) atoms. The second-order valence-electron chi connectivity index (χ2n) is 9.66. The van der Waals surface area contributed by atoms with Gasteiger partial charge >= 0.3 is 12.3 Å². The van der Waals surface area contributed by atoms with Crippen LogP contribution in [0, 0.1) is 5.92 Å². The lowest BCUT2D eigenvalue weighted by molar-refractivity contribution is -0.137. The zero-order chi connectivity index (χ0) is 21.8. The van der Waals surface area contributed by atoms with Gasteiger partial charge in [0.25, 0.3) is 0 Å². The van der Waals surface area contributed by atoms with Gasteiger partial charge in [-0.25, -0.2) is 4.79 Å². The summed E-state index contributed by atoms with van der Waals surface area (Å²) in [6, 6.07) is 2.78. The minimum absolute atomic E-state index is 0.0848. The molecule has 0 aromatic heterocycles. The molecule has 2 atom stereocenters. The van der Waals surface area contributed by atoms with Crippen molar-refractivity contribution in [2.75, 3.05) is 31.6 Å². The Morgan fingerprint density at radius 2 is 1.87 bits per heavy atom. The summed E-state index contributed by atoms with van der Waals surface area (Å²) >= 11 is 0. The average Bonchev–Trinajstić information content (AvgIpc) is 3.42. The van der Waals surface area contributed by atoms with Gasteiger partial charge in [0.15, 0.2) is 0 Å². The molecule has 5 nitrogen and oxygen atoms in total. The second-order valence-corrected chi connectivity index (χ2v) is 9.66. The zero-order valence-corrected chi connectivity index (χ0v) is 17.9. The number of fused-ring (bicyclic) bond motifs is 3. The summed E-state index contributed by atoms with van der Waals surface area (Å²) in [6.45, 7) is 6.64. The molecule has 0 N–H and O–H groups in total. The van der Waals surface area contributed by atoms with Crippen LogP contribution < -0.4 is 9.64 Å². The van der Waals surface area contributed by atoms with Crippen LogP contribution in [-0.4, -0.2) is 49.4 Å². The van der Waals surface area contributed by atoms with E-state index in [4.69, 9.17) is 9.47 Å². The average molecular weight is 426 g/mol. The maximum absolute atomic E-state index is 13.9. The molecule has 2 aliphatic heterocycles. The van der Waals surface area contributed by atoms with Gasteiger partial charge in [-0.1, -0.05) is 0 Å². The van der Waals surface area contributed by atoms with E-state index < -0.39 is 23.4 Å². The number of benzene rings is 1. The highest BCUT2D eigenvalue weighted by molar-refractivity contribution is 5.72. The van der Waals surface area contributed by atoms with Crippen molar-refractivity contribution in [1.82, 2.24) is 4.90 Å². The summed E-state index contributed by atoms with van der Waals surface area (Å²) < 4.78 is 52.9. The number of piperidine rings is 1. The zero-order valence-electron chi connectivity index (χ0n) is 17.9. The van der Waals surface area contributed by atoms with Gasteiger partial charge in [-0.15, -0.1) is 0 Å². The number of halogens is 3. The fourth-order valence-corrected chi connectivity index (χ4v) is 4.47. The molecule has 8 heteroatoms. The molecule has 3 aliphatic rings. The number of anilines is 1. The van der Waals surface area contributed by atoms with Crippen LogP contribution in [0.5, 0.6) is 5.75 Å². The van der Waals surface area contributed by atoms with E-state index in [1.54, 1.807) is 43.7 Å². The maximum Gasteiger partial charge on any atom is 0.418 e. The Kier molecular flexibility index (Phi) is 5.10. The molecule has 0 bridgehead atoms. The van der Waals surface area contributed by atoms with Gasteiger partial charge in [-0.05, 0) is 63.6 Å². The lowest BCUT2D eigenvalue weighted by Gasteiger charge is -2.38. The number of alkyl halides is 3. The van der Waals surface area contributed by atoms with E-state index in [1.807, 2.05) is 0 Å². The Balaban J connectivity index is 1.65. The Morgan fingerprint density at radius 1 is 1.17 bits per heavy atom. The summed E-state index contributed by atoms with van der Waals surface area (Å²) in [7, 11) is 1.71. The highest BCUT2D eigenvalue weighted by Crippen LogP contribution is 2.51. The first-order valence-corrected chi connectivity index (χ1v) is 10.5. The monoisotopic (exact) mass is 426 g/mol. The summed E-state index contributed by atoms with van der Waals surface area (Å²) in [5, 5.41) is 0. The predicted molar refractivity (Wildman–Crippen MR) is 107 cm³/mol. The molecule has 4 rings (SSSR count). The quantitative estimate of drug-likeness (QED) is 0.679. The molecular weight excluding hydrogens is 397 g/mol. The number of likely N-dealkylation sites (N-methyl/N-ethyl adjacent to an activating group) is 1. The summed E-state index contributed by atoms with van der Waals surface area (Å²) in [6.07, 6.45) is -2.18. The number of hydrogen-bond donors (Lipinski definition) is 0. The van der Waals surface area contributed by atoms with E-state index in [9.17, 15) is 18.0 Å². The minimum Gasteiger partial charge on any atom is -0.493 e. The van der Waals surface area contributed by atoms with Crippen LogP contribution in [0.3, 0.4) is 0 Å². The Hall–Kier alpha value is -2.12. The first-order chi connectivity index (χ1) is 13.9. The van der Waals surface area contributed by atoms with Crippen molar-refractivity contribution in [3.05, 3.63) is 23.3 Å². The number of nitrogens with zero attached hydrogens (tertiary/aromatic N) is 2. The molecule has 2 fully saturated rings. The van der Waals surface area contributed by atoms with E-state index in [1.165, 1.54) is 0 Å². The standard InChI is InChI=1S/C22H29F3N2O3/c1-21(2,3)30-20(28)27-8-7-18-16(11-27)15-9-14(29-12-13-5-6-13)10-17(22(23,24)25)19(15)26(18)4/h9-10,13,16,18H,5-8,11-12H2,1-4H3. The van der Waals surface area contributed by atoms with Crippen LogP contribution in [0.15, 0.2) is 12.1 Å². The van der Waals surface area contributed by atoms with Crippen LogP contribution >= 0.6 is 0 Å². The SMILES string of the molecule is CN1c2c(cc(OCC3CC3)cc2C(F)(F)F)C2CN(C(=O)OC(C)(C)C)CCC21. The van der Waals surface area contributed by atoms with E-state index >= 15 is 0 Å². The van der Waals surface area contributed by atoms with Crippen LogP contribution in [0.2, 0.25) is 0 Å². The Morgan fingerprint density at radius 3 is 2.47 bits per heavy atom. The largest absolute Gasteiger partial charge is 0.493 e. The third kappa shape index (κ3) is 4.18. The highest BCUT2D eigenvalue weighted by Gasteiger charge is 2.47. The molecule has 1 amide bonds. The Labute approximate surface area is 175 Å². The van der Waals surface area contributed by atoms with Crippen molar-refractivity contribution >= 4 is 11.8 Å². The van der Waals surface area contributed by atoms with Crippen molar-refractivity contribution in [1.29, 1.82) is 0 Å². The van der Waals surface area contributed by atoms with Crippen LogP contribution in [0.1, 0.15) is 57.1 Å². The van der Waals surface area contributed by atoms with E-state index in [2.05, 4.69) is 0 Å². The molecule has 1 aliphatic carbocycles. The predicted octanol–water partition coefficient (Wildman–Crippen LogP) is 5.04. The van der Waals surface area contributed by atoms with Gasteiger partial charge in [0.05, 0.1) is 17.9 Å². The second kappa shape index (κ2) is 7.24. The molecule has 1 saturated heterocycles. The van der Waals surface area contributed by atoms with Crippen molar-refractivity contribution < 1.29 is 27.4 Å². The molecule has 1 saturated carbocycles. The van der Waals surface area contributed by atoms with Crippen molar-refractivity contribution in [3.8, 4) is 5.75 Å². The molecule has 0 spiro atoms. The highest BCUT2D eigenvalue weighted by atomic mass is 19.4. The van der Waals surface area contributed by atoms with Crippen molar-refractivity contribution in [2.45, 2.75) is 63.8 Å². The van der Waals surface area contributed by atoms with Crippen LogP contribution in [0.4, 0.5) is 23.7 Å².